The zero-order valence-corrected chi connectivity index (χ0v) is 13.0. The van der Waals surface area contributed by atoms with Gasteiger partial charge in [-0.3, -0.25) is 0 Å². The van der Waals surface area contributed by atoms with E-state index < -0.39 is 0 Å². The van der Waals surface area contributed by atoms with E-state index in [2.05, 4.69) is 46.8 Å². The molecule has 0 spiro atoms. The van der Waals surface area contributed by atoms with Gasteiger partial charge in [-0.05, 0) is 19.8 Å². The summed E-state index contributed by atoms with van der Waals surface area (Å²) < 4.78 is 5.13. The molecule has 1 aromatic rings. The maximum atomic E-state index is 5.13. The smallest absolute Gasteiger partial charge is 0.0463 e. The van der Waals surface area contributed by atoms with Crippen LogP contribution in [-0.2, 0) is 4.74 Å². The summed E-state index contributed by atoms with van der Waals surface area (Å²) in [4.78, 5) is 0. The molecule has 0 heterocycles. The molecule has 106 valence electrons. The van der Waals surface area contributed by atoms with Crippen LogP contribution in [0.2, 0.25) is 0 Å². The van der Waals surface area contributed by atoms with Crippen molar-refractivity contribution in [3.8, 4) is 0 Å². The number of rotatable bonds is 5. The van der Waals surface area contributed by atoms with E-state index in [-0.39, 0.29) is 0 Å². The number of hydrogen-bond acceptors (Lipinski definition) is 1. The molecular formula is C17H32O. The van der Waals surface area contributed by atoms with Gasteiger partial charge in [-0.2, -0.15) is 0 Å². The van der Waals surface area contributed by atoms with Gasteiger partial charge < -0.3 is 4.74 Å². The first kappa shape index (κ1) is 19.5. The number of ether oxygens (including phenoxy) is 1. The highest BCUT2D eigenvalue weighted by atomic mass is 16.5. The van der Waals surface area contributed by atoms with E-state index in [0.29, 0.717) is 0 Å². The Kier molecular flexibility index (Phi) is 20.1. The van der Waals surface area contributed by atoms with E-state index in [1.807, 2.05) is 18.2 Å². The summed E-state index contributed by atoms with van der Waals surface area (Å²) in [6, 6.07) is 10.3. The van der Waals surface area contributed by atoms with Crippen molar-refractivity contribution in [3.05, 3.63) is 35.9 Å². The molecule has 0 unspecified atom stereocenters. The van der Waals surface area contributed by atoms with Crippen molar-refractivity contribution in [2.75, 3.05) is 13.2 Å². The molecule has 0 aromatic heterocycles. The van der Waals surface area contributed by atoms with Crippen LogP contribution < -0.4 is 0 Å². The average Bonchev–Trinajstić information content (AvgIpc) is 2.41. The fourth-order valence-corrected chi connectivity index (χ4v) is 0.925. The fourth-order valence-electron chi connectivity index (χ4n) is 0.925. The van der Waals surface area contributed by atoms with Gasteiger partial charge in [0.2, 0.25) is 0 Å². The van der Waals surface area contributed by atoms with Gasteiger partial charge in [-0.25, -0.2) is 0 Å². The van der Waals surface area contributed by atoms with Crippen molar-refractivity contribution >= 4 is 0 Å². The molecule has 0 bridgehead atoms. The number of hydrogen-bond donors (Lipinski definition) is 0. The minimum Gasteiger partial charge on any atom is -0.381 e. The minimum absolute atomic E-state index is 0.924. The standard InChI is InChI=1S/C7H8.C6H14O.C4H10/c1-7-5-3-2-4-6-7;1-3-5-7-6-4-2;1-3-4-2/h2-6H,1H3;3-6H2,1-2H3;3-4H2,1-2H3. The third kappa shape index (κ3) is 20.6. The predicted octanol–water partition coefficient (Wildman–Crippen LogP) is 5.62. The summed E-state index contributed by atoms with van der Waals surface area (Å²) in [6.07, 6.45) is 4.92. The van der Waals surface area contributed by atoms with Gasteiger partial charge in [0.25, 0.3) is 0 Å². The maximum absolute atomic E-state index is 5.13. The zero-order valence-electron chi connectivity index (χ0n) is 13.0. The first-order chi connectivity index (χ1) is 8.72. The lowest BCUT2D eigenvalue weighted by Crippen LogP contribution is -1.92. The van der Waals surface area contributed by atoms with Crippen molar-refractivity contribution in [1.82, 2.24) is 0 Å². The number of benzene rings is 1. The highest BCUT2D eigenvalue weighted by Crippen LogP contribution is 1.92. The molecule has 0 N–H and O–H groups in total. The Morgan fingerprint density at radius 2 is 1.17 bits per heavy atom. The quantitative estimate of drug-likeness (QED) is 0.618. The van der Waals surface area contributed by atoms with E-state index in [9.17, 15) is 0 Å². The molecule has 0 saturated carbocycles. The molecular weight excluding hydrogens is 220 g/mol. The Balaban J connectivity index is 0. The molecule has 0 aliphatic carbocycles. The van der Waals surface area contributed by atoms with Gasteiger partial charge in [-0.15, -0.1) is 0 Å². The summed E-state index contributed by atoms with van der Waals surface area (Å²) >= 11 is 0. The SMILES string of the molecule is CCCC.CCCOCCC.Cc1ccccc1. The monoisotopic (exact) mass is 252 g/mol. The molecule has 0 aliphatic heterocycles. The summed E-state index contributed by atoms with van der Waals surface area (Å²) in [5.74, 6) is 0. The van der Waals surface area contributed by atoms with Crippen molar-refractivity contribution in [2.45, 2.75) is 60.3 Å². The lowest BCUT2D eigenvalue weighted by atomic mass is 10.2. The predicted molar refractivity (Wildman–Crippen MR) is 83.2 cm³/mol. The Hall–Kier alpha value is -0.820. The zero-order chi connectivity index (χ0) is 14.1. The third-order valence-corrected chi connectivity index (χ3v) is 2.14. The van der Waals surface area contributed by atoms with Crippen LogP contribution in [0.1, 0.15) is 58.9 Å². The van der Waals surface area contributed by atoms with Gasteiger partial charge in [0.15, 0.2) is 0 Å². The van der Waals surface area contributed by atoms with Crippen LogP contribution in [0, 0.1) is 6.92 Å². The number of aryl methyl sites for hydroxylation is 1. The normalized spacial score (nSPS) is 8.72. The van der Waals surface area contributed by atoms with Crippen LogP contribution in [0.15, 0.2) is 30.3 Å². The molecule has 0 atom stereocenters. The van der Waals surface area contributed by atoms with Gasteiger partial charge in [0.05, 0.1) is 0 Å². The molecule has 0 amide bonds. The number of unbranched alkanes of at least 4 members (excludes halogenated alkanes) is 1. The van der Waals surface area contributed by atoms with Crippen LogP contribution >= 0.6 is 0 Å². The van der Waals surface area contributed by atoms with Crippen molar-refractivity contribution in [3.63, 3.8) is 0 Å². The van der Waals surface area contributed by atoms with Crippen molar-refractivity contribution in [1.29, 1.82) is 0 Å². The highest BCUT2D eigenvalue weighted by Gasteiger charge is 1.78. The Bertz CT molecular complexity index is 212. The summed E-state index contributed by atoms with van der Waals surface area (Å²) in [5.41, 5.74) is 1.32. The molecule has 18 heavy (non-hydrogen) atoms. The Labute approximate surface area is 115 Å². The second kappa shape index (κ2) is 18.5. The largest absolute Gasteiger partial charge is 0.381 e. The van der Waals surface area contributed by atoms with E-state index in [1.54, 1.807) is 0 Å². The Morgan fingerprint density at radius 1 is 0.722 bits per heavy atom. The van der Waals surface area contributed by atoms with Gasteiger partial charge in [-0.1, -0.05) is 76.4 Å². The topological polar surface area (TPSA) is 9.23 Å². The second-order valence-electron chi connectivity index (χ2n) is 4.27. The molecule has 0 fully saturated rings. The highest BCUT2D eigenvalue weighted by molar-refractivity contribution is 5.11. The molecule has 1 nitrogen and oxygen atoms in total. The van der Waals surface area contributed by atoms with Crippen LogP contribution in [0.4, 0.5) is 0 Å². The molecule has 1 aromatic carbocycles. The minimum atomic E-state index is 0.924. The van der Waals surface area contributed by atoms with Crippen molar-refractivity contribution < 1.29 is 4.74 Å². The molecule has 0 radical (unpaired) electrons. The third-order valence-electron chi connectivity index (χ3n) is 2.14. The summed E-state index contributed by atoms with van der Waals surface area (Å²) in [6.45, 7) is 12.5. The first-order valence-corrected chi connectivity index (χ1v) is 7.32. The van der Waals surface area contributed by atoms with Gasteiger partial charge in [0, 0.05) is 13.2 Å². The molecule has 1 rings (SSSR count). The Morgan fingerprint density at radius 3 is 1.39 bits per heavy atom. The first-order valence-electron chi connectivity index (χ1n) is 7.32. The summed E-state index contributed by atoms with van der Waals surface area (Å²) in [7, 11) is 0. The van der Waals surface area contributed by atoms with Gasteiger partial charge in [0.1, 0.15) is 0 Å². The van der Waals surface area contributed by atoms with E-state index >= 15 is 0 Å². The van der Waals surface area contributed by atoms with Crippen molar-refractivity contribution in [2.24, 2.45) is 0 Å². The average molecular weight is 252 g/mol. The van der Waals surface area contributed by atoms with E-state index in [4.69, 9.17) is 4.74 Å². The van der Waals surface area contributed by atoms with E-state index in [0.717, 1.165) is 26.1 Å². The van der Waals surface area contributed by atoms with Crippen LogP contribution in [0.3, 0.4) is 0 Å². The lowest BCUT2D eigenvalue weighted by Gasteiger charge is -1.95. The van der Waals surface area contributed by atoms with Crippen LogP contribution in [0.25, 0.3) is 0 Å². The maximum Gasteiger partial charge on any atom is 0.0463 e. The van der Waals surface area contributed by atoms with Crippen LogP contribution in [0.5, 0.6) is 0 Å². The summed E-state index contributed by atoms with van der Waals surface area (Å²) in [5, 5.41) is 0. The molecule has 1 heteroatoms. The molecule has 0 aliphatic rings. The lowest BCUT2D eigenvalue weighted by molar-refractivity contribution is 0.135. The van der Waals surface area contributed by atoms with Gasteiger partial charge >= 0.3 is 0 Å². The second-order valence-corrected chi connectivity index (χ2v) is 4.27. The fraction of sp³-hybridized carbons (Fsp3) is 0.647. The van der Waals surface area contributed by atoms with E-state index in [1.165, 1.54) is 18.4 Å². The molecule has 0 saturated heterocycles. The van der Waals surface area contributed by atoms with Crippen LogP contribution in [-0.4, -0.2) is 13.2 Å².